The minimum Gasteiger partial charge on any atom is -0.462 e. The molecule has 5 rings (SSSR count). The lowest BCUT2D eigenvalue weighted by Gasteiger charge is -2.36. The van der Waals surface area contributed by atoms with E-state index in [0.717, 1.165) is 61.2 Å². The average molecular weight is 522 g/mol. The van der Waals surface area contributed by atoms with E-state index in [2.05, 4.69) is 24.1 Å². The first-order chi connectivity index (χ1) is 18.0. The number of piperazine rings is 1. The van der Waals surface area contributed by atoms with Crippen LogP contribution < -0.4 is 10.2 Å². The van der Waals surface area contributed by atoms with Crippen LogP contribution in [0.5, 0.6) is 0 Å². The fraction of sp³-hybridized carbons (Fsp3) is 0.500. The molecule has 1 aliphatic heterocycles. The predicted molar refractivity (Wildman–Crippen MR) is 148 cm³/mol. The number of carbonyl (C=O) groups is 2. The van der Waals surface area contributed by atoms with Gasteiger partial charge in [0, 0.05) is 43.2 Å². The van der Waals surface area contributed by atoms with E-state index in [1.807, 2.05) is 16.2 Å². The van der Waals surface area contributed by atoms with E-state index in [-0.39, 0.29) is 12.0 Å². The molecule has 2 aliphatic rings. The second-order valence-electron chi connectivity index (χ2n) is 9.95. The zero-order valence-corrected chi connectivity index (χ0v) is 22.7. The Morgan fingerprint density at radius 1 is 1.11 bits per heavy atom. The molecule has 2 amide bonds. The highest BCUT2D eigenvalue weighted by atomic mass is 32.1. The van der Waals surface area contributed by atoms with Crippen molar-refractivity contribution in [1.82, 2.24) is 14.9 Å². The summed E-state index contributed by atoms with van der Waals surface area (Å²) in [5.41, 5.74) is 2.57. The molecular weight excluding hydrogens is 486 g/mol. The number of hydrogen-bond acceptors (Lipinski definition) is 7. The number of aryl methyl sites for hydroxylation is 2. The predicted octanol–water partition coefficient (Wildman–Crippen LogP) is 5.30. The molecule has 2 aromatic heterocycles. The van der Waals surface area contributed by atoms with E-state index in [9.17, 15) is 9.59 Å². The third kappa shape index (κ3) is 5.42. The van der Waals surface area contributed by atoms with Gasteiger partial charge in [0.25, 0.3) is 0 Å². The van der Waals surface area contributed by atoms with Crippen LogP contribution in [0.4, 0.5) is 16.3 Å². The van der Waals surface area contributed by atoms with Crippen molar-refractivity contribution in [1.29, 1.82) is 0 Å². The van der Waals surface area contributed by atoms with Crippen LogP contribution in [-0.2, 0) is 24.0 Å². The van der Waals surface area contributed by atoms with Crippen molar-refractivity contribution in [3.8, 4) is 0 Å². The molecule has 0 spiro atoms. The summed E-state index contributed by atoms with van der Waals surface area (Å²) in [5.74, 6) is 2.33. The van der Waals surface area contributed by atoms with Crippen LogP contribution in [0.3, 0.4) is 0 Å². The number of fused-ring (bicyclic) bond motifs is 3. The zero-order chi connectivity index (χ0) is 25.9. The number of esters is 1. The van der Waals surface area contributed by atoms with Crippen LogP contribution in [0.1, 0.15) is 60.2 Å². The van der Waals surface area contributed by atoms with Gasteiger partial charge in [-0.05, 0) is 68.4 Å². The van der Waals surface area contributed by atoms with Crippen LogP contribution in [0.15, 0.2) is 24.3 Å². The Labute approximate surface area is 222 Å². The molecule has 1 atom stereocenters. The van der Waals surface area contributed by atoms with E-state index in [0.29, 0.717) is 30.9 Å². The van der Waals surface area contributed by atoms with Gasteiger partial charge in [0.1, 0.15) is 16.5 Å². The average Bonchev–Trinajstić information content (AvgIpc) is 3.26. The third-order valence-corrected chi connectivity index (χ3v) is 8.32. The molecule has 196 valence electrons. The van der Waals surface area contributed by atoms with Crippen LogP contribution in [0.25, 0.3) is 10.2 Å². The lowest BCUT2D eigenvalue weighted by molar-refractivity contribution is 0.0526. The maximum atomic E-state index is 12.9. The summed E-state index contributed by atoms with van der Waals surface area (Å²) in [6, 6.07) is 6.66. The second-order valence-corrected chi connectivity index (χ2v) is 11.0. The number of aromatic nitrogens is 2. The molecule has 0 bridgehead atoms. The molecule has 0 unspecified atom stereocenters. The SMILES string of the molecule is CCCc1nc(N2CCN(C(=O)Nc3ccc(C(=O)OCC)cc3)CC2)c2c3c(sc2n1)C[C@H](C)CC3. The van der Waals surface area contributed by atoms with Gasteiger partial charge in [0.2, 0.25) is 0 Å². The summed E-state index contributed by atoms with van der Waals surface area (Å²) in [4.78, 5) is 41.6. The highest BCUT2D eigenvalue weighted by Gasteiger charge is 2.28. The van der Waals surface area contributed by atoms with Gasteiger partial charge in [-0.3, -0.25) is 0 Å². The van der Waals surface area contributed by atoms with E-state index < -0.39 is 0 Å². The molecule has 1 aromatic carbocycles. The molecule has 3 heterocycles. The smallest absolute Gasteiger partial charge is 0.338 e. The number of nitrogens with zero attached hydrogens (tertiary/aromatic N) is 4. The van der Waals surface area contributed by atoms with Crippen molar-refractivity contribution in [3.63, 3.8) is 0 Å². The third-order valence-electron chi connectivity index (χ3n) is 7.17. The number of ether oxygens (including phenoxy) is 1. The zero-order valence-electron chi connectivity index (χ0n) is 21.9. The van der Waals surface area contributed by atoms with Crippen LogP contribution in [0, 0.1) is 5.92 Å². The molecule has 0 radical (unpaired) electrons. The number of nitrogens with one attached hydrogen (secondary N) is 1. The Morgan fingerprint density at radius 3 is 2.57 bits per heavy atom. The lowest BCUT2D eigenvalue weighted by Crippen LogP contribution is -2.50. The number of carbonyl (C=O) groups excluding carboxylic acids is 2. The Morgan fingerprint density at radius 2 is 1.86 bits per heavy atom. The van der Waals surface area contributed by atoms with Crippen molar-refractivity contribution < 1.29 is 14.3 Å². The Bertz CT molecular complexity index is 1280. The molecule has 1 aliphatic carbocycles. The normalized spacial score (nSPS) is 17.5. The monoisotopic (exact) mass is 521 g/mol. The summed E-state index contributed by atoms with van der Waals surface area (Å²) >= 11 is 1.85. The number of rotatable bonds is 6. The van der Waals surface area contributed by atoms with Crippen LogP contribution in [-0.4, -0.2) is 59.7 Å². The Balaban J connectivity index is 1.29. The molecular formula is C28H35N5O3S. The summed E-state index contributed by atoms with van der Waals surface area (Å²) in [6.45, 7) is 9.30. The van der Waals surface area contributed by atoms with Gasteiger partial charge in [-0.2, -0.15) is 0 Å². The standard InChI is InChI=1S/C28H35N5O3S/c1-4-6-23-30-25(24-21-12-7-18(3)17-22(21)37-26(24)31-23)32-13-15-33(16-14-32)28(35)29-20-10-8-19(9-11-20)27(34)36-5-2/h8-11,18H,4-7,12-17H2,1-3H3,(H,29,35)/t18-/m1/s1. The Kier molecular flexibility index (Phi) is 7.60. The molecule has 0 saturated carbocycles. The van der Waals surface area contributed by atoms with Gasteiger partial charge < -0.3 is 19.9 Å². The fourth-order valence-electron chi connectivity index (χ4n) is 5.16. The molecule has 9 heteroatoms. The second kappa shape index (κ2) is 11.0. The first-order valence-electron chi connectivity index (χ1n) is 13.4. The van der Waals surface area contributed by atoms with E-state index in [1.165, 1.54) is 22.2 Å². The van der Waals surface area contributed by atoms with Crippen molar-refractivity contribution in [2.24, 2.45) is 5.92 Å². The Hall–Kier alpha value is -3.20. The number of benzene rings is 1. The van der Waals surface area contributed by atoms with Gasteiger partial charge >= 0.3 is 12.0 Å². The topological polar surface area (TPSA) is 87.7 Å². The van der Waals surface area contributed by atoms with Crippen molar-refractivity contribution in [2.45, 2.75) is 52.9 Å². The molecule has 1 N–H and O–H groups in total. The van der Waals surface area contributed by atoms with Gasteiger partial charge in [-0.25, -0.2) is 19.6 Å². The number of hydrogen-bond donors (Lipinski definition) is 1. The van der Waals surface area contributed by atoms with Gasteiger partial charge in [0.05, 0.1) is 17.6 Å². The highest BCUT2D eigenvalue weighted by Crippen LogP contribution is 2.41. The lowest BCUT2D eigenvalue weighted by atomic mass is 9.89. The number of anilines is 2. The summed E-state index contributed by atoms with van der Waals surface area (Å²) in [5, 5.41) is 4.20. The molecule has 37 heavy (non-hydrogen) atoms. The maximum Gasteiger partial charge on any atom is 0.338 e. The molecule has 3 aromatic rings. The quantitative estimate of drug-likeness (QED) is 0.443. The van der Waals surface area contributed by atoms with Gasteiger partial charge in [-0.1, -0.05) is 13.8 Å². The largest absolute Gasteiger partial charge is 0.462 e. The molecule has 8 nitrogen and oxygen atoms in total. The number of amides is 2. The van der Waals surface area contributed by atoms with Gasteiger partial charge in [0.15, 0.2) is 0 Å². The molecule has 1 saturated heterocycles. The maximum absolute atomic E-state index is 12.9. The van der Waals surface area contributed by atoms with Crippen molar-refractivity contribution >= 4 is 45.1 Å². The number of thiophene rings is 1. The first kappa shape index (κ1) is 25.4. The van der Waals surface area contributed by atoms with Gasteiger partial charge in [-0.15, -0.1) is 11.3 Å². The van der Waals surface area contributed by atoms with E-state index >= 15 is 0 Å². The summed E-state index contributed by atoms with van der Waals surface area (Å²) < 4.78 is 5.02. The van der Waals surface area contributed by atoms with E-state index in [1.54, 1.807) is 31.2 Å². The minimum atomic E-state index is -0.362. The molecule has 1 fully saturated rings. The van der Waals surface area contributed by atoms with Crippen molar-refractivity contribution in [2.75, 3.05) is 43.0 Å². The summed E-state index contributed by atoms with van der Waals surface area (Å²) in [6.07, 6.45) is 5.33. The fourth-order valence-corrected chi connectivity index (χ4v) is 6.55. The summed E-state index contributed by atoms with van der Waals surface area (Å²) in [7, 11) is 0. The highest BCUT2D eigenvalue weighted by molar-refractivity contribution is 7.19. The van der Waals surface area contributed by atoms with Crippen molar-refractivity contribution in [3.05, 3.63) is 46.1 Å². The van der Waals surface area contributed by atoms with Crippen LogP contribution in [0.2, 0.25) is 0 Å². The van der Waals surface area contributed by atoms with Crippen LogP contribution >= 0.6 is 11.3 Å². The van der Waals surface area contributed by atoms with E-state index in [4.69, 9.17) is 14.7 Å². The first-order valence-corrected chi connectivity index (χ1v) is 14.2. The number of urea groups is 1. The minimum absolute atomic E-state index is 0.134.